The summed E-state index contributed by atoms with van der Waals surface area (Å²) in [6.45, 7) is 1.12. The van der Waals surface area contributed by atoms with Gasteiger partial charge < -0.3 is 20.9 Å². The van der Waals surface area contributed by atoms with E-state index in [2.05, 4.69) is 43.5 Å². The van der Waals surface area contributed by atoms with E-state index in [9.17, 15) is 14.4 Å². The topological polar surface area (TPSA) is 108 Å². The zero-order chi connectivity index (χ0) is 24.4. The number of carbonyl (C=O) groups is 2. The van der Waals surface area contributed by atoms with Crippen molar-refractivity contribution in [2.75, 3.05) is 13.1 Å². The summed E-state index contributed by atoms with van der Waals surface area (Å²) in [5.41, 5.74) is 3.74. The summed E-state index contributed by atoms with van der Waals surface area (Å²) in [7, 11) is 0. The predicted molar refractivity (Wildman–Crippen MR) is 143 cm³/mol. The second-order valence-electron chi connectivity index (χ2n) is 8.48. The molecule has 0 radical (unpaired) electrons. The van der Waals surface area contributed by atoms with Crippen molar-refractivity contribution in [2.24, 2.45) is 0 Å². The first-order valence-electron chi connectivity index (χ1n) is 11.3. The highest BCUT2D eigenvalue weighted by molar-refractivity contribution is 14.1. The molecule has 0 unspecified atom stereocenters. The number of aromatic nitrogens is 2. The highest BCUT2D eigenvalue weighted by Crippen LogP contribution is 2.22. The van der Waals surface area contributed by atoms with E-state index in [1.165, 1.54) is 16.2 Å². The van der Waals surface area contributed by atoms with E-state index >= 15 is 0 Å². The van der Waals surface area contributed by atoms with Crippen molar-refractivity contribution in [3.8, 4) is 5.69 Å². The van der Waals surface area contributed by atoms with Gasteiger partial charge in [0.15, 0.2) is 0 Å². The number of hydrogen-bond acceptors (Lipinski definition) is 4. The third-order valence-electron chi connectivity index (χ3n) is 6.25. The third kappa shape index (κ3) is 4.87. The zero-order valence-electron chi connectivity index (χ0n) is 18.8. The van der Waals surface area contributed by atoms with Crippen LogP contribution in [0.4, 0.5) is 0 Å². The molecule has 1 saturated heterocycles. The van der Waals surface area contributed by atoms with Crippen LogP contribution in [0.2, 0.25) is 0 Å². The van der Waals surface area contributed by atoms with E-state index in [1.807, 2.05) is 24.4 Å². The molecule has 178 valence electrons. The highest BCUT2D eigenvalue weighted by atomic mass is 127. The van der Waals surface area contributed by atoms with Crippen LogP contribution in [0.5, 0.6) is 0 Å². The Morgan fingerprint density at radius 3 is 2.31 bits per heavy atom. The third-order valence-corrected chi connectivity index (χ3v) is 7.07. The van der Waals surface area contributed by atoms with Gasteiger partial charge in [-0.1, -0.05) is 34.7 Å². The van der Waals surface area contributed by atoms with Crippen LogP contribution in [-0.4, -0.2) is 46.5 Å². The molecule has 3 heterocycles. The molecular weight excluding hydrogens is 557 g/mol. The molecule has 4 N–H and O–H groups in total. The number of nitrogens with zero attached hydrogens (tertiary/aromatic N) is 1. The van der Waals surface area contributed by atoms with Crippen LogP contribution in [-0.2, 0) is 4.43 Å². The summed E-state index contributed by atoms with van der Waals surface area (Å²) >= 11 is 2.32. The molecule has 8 nitrogen and oxygen atoms in total. The number of hydrogen-bond donors (Lipinski definition) is 4. The first kappa shape index (κ1) is 23.3. The average molecular weight is 581 g/mol. The first-order valence-corrected chi connectivity index (χ1v) is 12.8. The standard InChI is InChI=1S/C26H24IN5O3/c27-12-18-13-29-21-11-17(6-9-20(18)21)26(35)31-23-15-28-14-22(23)30-25(34)16-4-7-19(8-5-16)32-10-2-1-3-24(32)33/h1-11,13,22-23,28-29H,12,14-15H2,(H,30,34)(H,31,35)/t22-,23+/m0/s1. The predicted octanol–water partition coefficient (Wildman–Crippen LogP) is 2.75. The molecule has 2 atom stereocenters. The van der Waals surface area contributed by atoms with Crippen LogP contribution < -0.4 is 21.5 Å². The van der Waals surface area contributed by atoms with Gasteiger partial charge in [0.2, 0.25) is 0 Å². The van der Waals surface area contributed by atoms with Gasteiger partial charge in [0.25, 0.3) is 17.4 Å². The Balaban J connectivity index is 1.24. The Hall–Kier alpha value is -3.44. The van der Waals surface area contributed by atoms with Crippen molar-refractivity contribution in [1.82, 2.24) is 25.5 Å². The first-order chi connectivity index (χ1) is 17.0. The molecule has 0 aliphatic carbocycles. The van der Waals surface area contributed by atoms with Crippen LogP contribution >= 0.6 is 22.6 Å². The molecule has 2 aromatic carbocycles. The second kappa shape index (κ2) is 10.0. The molecule has 4 aromatic rings. The summed E-state index contributed by atoms with van der Waals surface area (Å²) in [4.78, 5) is 41.0. The van der Waals surface area contributed by atoms with Gasteiger partial charge in [-0.05, 0) is 48.0 Å². The Bertz CT molecular complexity index is 1440. The summed E-state index contributed by atoms with van der Waals surface area (Å²) in [6.07, 6.45) is 3.65. The van der Waals surface area contributed by atoms with Gasteiger partial charge in [0, 0.05) is 63.7 Å². The molecule has 1 aliphatic heterocycles. The van der Waals surface area contributed by atoms with E-state index in [-0.39, 0.29) is 29.5 Å². The fraction of sp³-hybridized carbons (Fsp3) is 0.192. The summed E-state index contributed by atoms with van der Waals surface area (Å²) in [5.74, 6) is -0.410. The number of amides is 2. The lowest BCUT2D eigenvalue weighted by molar-refractivity contribution is 0.0897. The van der Waals surface area contributed by atoms with E-state index in [4.69, 9.17) is 0 Å². The number of nitrogens with one attached hydrogen (secondary N) is 4. The van der Waals surface area contributed by atoms with Crippen molar-refractivity contribution in [3.63, 3.8) is 0 Å². The van der Waals surface area contributed by atoms with Crippen molar-refractivity contribution < 1.29 is 9.59 Å². The van der Waals surface area contributed by atoms with Crippen LogP contribution in [0.3, 0.4) is 0 Å². The molecule has 1 aliphatic rings. The maximum Gasteiger partial charge on any atom is 0.255 e. The molecule has 1 fully saturated rings. The van der Waals surface area contributed by atoms with Gasteiger partial charge in [-0.15, -0.1) is 0 Å². The van der Waals surface area contributed by atoms with Crippen LogP contribution in [0, 0.1) is 0 Å². The van der Waals surface area contributed by atoms with Gasteiger partial charge in [0.1, 0.15) is 0 Å². The van der Waals surface area contributed by atoms with Crippen LogP contribution in [0.25, 0.3) is 16.6 Å². The number of pyridine rings is 1. The molecule has 0 spiro atoms. The Kier molecular flexibility index (Phi) is 6.69. The molecule has 0 bridgehead atoms. The lowest BCUT2D eigenvalue weighted by Crippen LogP contribution is -2.51. The Morgan fingerprint density at radius 2 is 1.63 bits per heavy atom. The maximum absolute atomic E-state index is 12.9. The Labute approximate surface area is 215 Å². The van der Waals surface area contributed by atoms with Crippen molar-refractivity contribution in [2.45, 2.75) is 16.5 Å². The molecule has 2 amide bonds. The summed E-state index contributed by atoms with van der Waals surface area (Å²) in [5, 5.41) is 10.4. The van der Waals surface area contributed by atoms with E-state index in [1.54, 1.807) is 42.6 Å². The molecule has 2 aromatic heterocycles. The normalized spacial score (nSPS) is 17.4. The lowest BCUT2D eigenvalue weighted by atomic mass is 10.1. The largest absolute Gasteiger partial charge is 0.361 e. The van der Waals surface area contributed by atoms with Gasteiger partial charge in [-0.25, -0.2) is 0 Å². The number of H-pyrrole nitrogens is 1. The zero-order valence-corrected chi connectivity index (χ0v) is 20.9. The van der Waals surface area contributed by atoms with Crippen LogP contribution in [0.1, 0.15) is 26.3 Å². The SMILES string of the molecule is O=C(N[C@H]1CNC[C@H]1NC(=O)c1ccc2c(CI)c[nH]c2c1)c1ccc(-n2ccccc2=O)cc1. The number of rotatable bonds is 6. The minimum Gasteiger partial charge on any atom is -0.361 e. The fourth-order valence-corrected chi connectivity index (χ4v) is 4.97. The smallest absolute Gasteiger partial charge is 0.255 e. The maximum atomic E-state index is 12.9. The molecular formula is C26H24IN5O3. The molecule has 0 saturated carbocycles. The number of benzene rings is 2. The van der Waals surface area contributed by atoms with E-state index in [0.29, 0.717) is 29.9 Å². The van der Waals surface area contributed by atoms with Gasteiger partial charge in [-0.2, -0.15) is 0 Å². The number of aromatic amines is 1. The molecule has 9 heteroatoms. The Morgan fingerprint density at radius 1 is 0.943 bits per heavy atom. The highest BCUT2D eigenvalue weighted by Gasteiger charge is 2.30. The fourth-order valence-electron chi connectivity index (χ4n) is 4.34. The summed E-state index contributed by atoms with van der Waals surface area (Å²) in [6, 6.07) is 17.0. The number of fused-ring (bicyclic) bond motifs is 1. The van der Waals surface area contributed by atoms with Crippen LogP contribution in [0.15, 0.2) is 77.9 Å². The van der Waals surface area contributed by atoms with Gasteiger partial charge in [-0.3, -0.25) is 19.0 Å². The molecule has 5 rings (SSSR count). The van der Waals surface area contributed by atoms with Gasteiger partial charge in [0.05, 0.1) is 12.1 Å². The monoisotopic (exact) mass is 581 g/mol. The average Bonchev–Trinajstić information content (AvgIpc) is 3.50. The van der Waals surface area contributed by atoms with E-state index in [0.717, 1.165) is 15.3 Å². The van der Waals surface area contributed by atoms with Crippen molar-refractivity contribution >= 4 is 45.3 Å². The minimum atomic E-state index is -0.247. The lowest BCUT2D eigenvalue weighted by Gasteiger charge is -2.21. The number of alkyl halides is 1. The quantitative estimate of drug-likeness (QED) is 0.208. The van der Waals surface area contributed by atoms with Gasteiger partial charge >= 0.3 is 0 Å². The number of halogens is 1. The van der Waals surface area contributed by atoms with Crippen molar-refractivity contribution in [3.05, 3.63) is 100 Å². The second-order valence-corrected chi connectivity index (χ2v) is 9.24. The van der Waals surface area contributed by atoms with Crippen molar-refractivity contribution in [1.29, 1.82) is 0 Å². The minimum absolute atomic E-state index is 0.138. The summed E-state index contributed by atoms with van der Waals surface area (Å²) < 4.78 is 2.41. The molecule has 35 heavy (non-hydrogen) atoms. The van der Waals surface area contributed by atoms with E-state index < -0.39 is 0 Å². The number of carbonyl (C=O) groups excluding carboxylic acids is 2.